The van der Waals surface area contributed by atoms with E-state index in [4.69, 9.17) is 10.5 Å². The van der Waals surface area contributed by atoms with E-state index in [1.165, 1.54) is 6.42 Å². The number of nitrogens with two attached hydrogens (primary N) is 1. The molecule has 9 heteroatoms. The normalized spacial score (nSPS) is 21.6. The molecule has 1 saturated carbocycles. The Morgan fingerprint density at radius 2 is 2.00 bits per heavy atom. The number of rotatable bonds is 6. The lowest BCUT2D eigenvalue weighted by Crippen LogP contribution is -2.25. The van der Waals surface area contributed by atoms with Gasteiger partial charge < -0.3 is 21.1 Å². The number of anilines is 3. The number of nitrogen functional groups attached to an aromatic ring is 1. The van der Waals surface area contributed by atoms with Crippen molar-refractivity contribution >= 4 is 23.3 Å². The monoisotopic (exact) mass is 336 g/mol. The van der Waals surface area contributed by atoms with Crippen LogP contribution in [0.25, 0.3) is 0 Å². The van der Waals surface area contributed by atoms with Gasteiger partial charge >= 0.3 is 5.69 Å². The number of nitrogens with one attached hydrogen (secondary N) is 2. The number of hydrogen-bond acceptors (Lipinski definition) is 8. The Kier molecular flexibility index (Phi) is 5.29. The van der Waals surface area contributed by atoms with Crippen LogP contribution in [0.3, 0.4) is 0 Å². The zero-order valence-corrected chi connectivity index (χ0v) is 13.7. The third kappa shape index (κ3) is 4.02. The summed E-state index contributed by atoms with van der Waals surface area (Å²) in [5.74, 6) is 0.379. The van der Waals surface area contributed by atoms with E-state index in [1.807, 2.05) is 0 Å². The van der Waals surface area contributed by atoms with E-state index in [0.717, 1.165) is 45.1 Å². The minimum Gasteiger partial charge on any atom is -0.378 e. The summed E-state index contributed by atoms with van der Waals surface area (Å²) in [5, 5.41) is 17.6. The molecule has 1 aromatic rings. The van der Waals surface area contributed by atoms with Gasteiger partial charge in [-0.05, 0) is 25.7 Å². The molecule has 1 saturated heterocycles. The maximum Gasteiger partial charge on any atom is 0.353 e. The summed E-state index contributed by atoms with van der Waals surface area (Å²) >= 11 is 0. The molecule has 3 rings (SSSR count). The van der Waals surface area contributed by atoms with Crippen molar-refractivity contribution in [1.29, 1.82) is 0 Å². The highest BCUT2D eigenvalue weighted by molar-refractivity contribution is 5.70. The fraction of sp³-hybridized carbons (Fsp3) is 0.733. The Labute approximate surface area is 140 Å². The molecule has 24 heavy (non-hydrogen) atoms. The maximum atomic E-state index is 11.3. The van der Waals surface area contributed by atoms with Gasteiger partial charge in [-0.2, -0.15) is 9.97 Å². The summed E-state index contributed by atoms with van der Waals surface area (Å²) in [7, 11) is 0. The smallest absolute Gasteiger partial charge is 0.353 e. The van der Waals surface area contributed by atoms with E-state index >= 15 is 0 Å². The Morgan fingerprint density at radius 1 is 1.21 bits per heavy atom. The summed E-state index contributed by atoms with van der Waals surface area (Å²) in [6.45, 7) is 1.34. The summed E-state index contributed by atoms with van der Waals surface area (Å²) in [5.41, 5.74) is 5.56. The molecule has 0 unspecified atom stereocenters. The third-order valence-electron chi connectivity index (χ3n) is 4.55. The minimum absolute atomic E-state index is 0.122. The van der Waals surface area contributed by atoms with E-state index in [9.17, 15) is 10.1 Å². The van der Waals surface area contributed by atoms with Gasteiger partial charge in [0.15, 0.2) is 0 Å². The molecule has 0 bridgehead atoms. The highest BCUT2D eigenvalue weighted by Crippen LogP contribution is 2.31. The van der Waals surface area contributed by atoms with Crippen molar-refractivity contribution in [3.63, 3.8) is 0 Å². The van der Waals surface area contributed by atoms with Crippen molar-refractivity contribution < 1.29 is 9.66 Å². The van der Waals surface area contributed by atoms with E-state index in [0.29, 0.717) is 12.5 Å². The quantitative estimate of drug-likeness (QED) is 0.533. The molecule has 1 aliphatic heterocycles. The van der Waals surface area contributed by atoms with Gasteiger partial charge in [0.25, 0.3) is 0 Å². The zero-order chi connectivity index (χ0) is 16.9. The zero-order valence-electron chi connectivity index (χ0n) is 13.7. The van der Waals surface area contributed by atoms with Gasteiger partial charge in [0.05, 0.1) is 11.0 Å². The van der Waals surface area contributed by atoms with Gasteiger partial charge in [-0.15, -0.1) is 0 Å². The molecule has 0 spiro atoms. The Hall–Kier alpha value is -2.16. The predicted octanol–water partition coefficient (Wildman–Crippen LogP) is 2.30. The lowest BCUT2D eigenvalue weighted by atomic mass is 9.95. The maximum absolute atomic E-state index is 11.3. The van der Waals surface area contributed by atoms with Gasteiger partial charge in [0.1, 0.15) is 0 Å². The molecule has 0 radical (unpaired) electrons. The second-order valence-corrected chi connectivity index (χ2v) is 6.38. The van der Waals surface area contributed by atoms with Crippen molar-refractivity contribution in [1.82, 2.24) is 9.97 Å². The molecule has 2 heterocycles. The van der Waals surface area contributed by atoms with Crippen molar-refractivity contribution in [2.75, 3.05) is 29.5 Å². The third-order valence-corrected chi connectivity index (χ3v) is 4.55. The van der Waals surface area contributed by atoms with Gasteiger partial charge in [0, 0.05) is 19.2 Å². The molecule has 0 amide bonds. The van der Waals surface area contributed by atoms with Crippen molar-refractivity contribution in [2.45, 2.75) is 57.1 Å². The lowest BCUT2D eigenvalue weighted by Gasteiger charge is -2.23. The minimum atomic E-state index is -0.523. The highest BCUT2D eigenvalue weighted by Gasteiger charge is 2.26. The molecule has 0 aromatic carbocycles. The fourth-order valence-electron chi connectivity index (χ4n) is 3.28. The first-order valence-electron chi connectivity index (χ1n) is 8.57. The number of nitrogens with zero attached hydrogens (tertiary/aromatic N) is 3. The van der Waals surface area contributed by atoms with Crippen LogP contribution >= 0.6 is 0 Å². The van der Waals surface area contributed by atoms with E-state index in [-0.39, 0.29) is 29.5 Å². The van der Waals surface area contributed by atoms with Crippen LogP contribution in [0.4, 0.5) is 23.3 Å². The predicted molar refractivity (Wildman–Crippen MR) is 91.1 cm³/mol. The van der Waals surface area contributed by atoms with E-state index in [2.05, 4.69) is 20.6 Å². The first-order valence-corrected chi connectivity index (χ1v) is 8.57. The lowest BCUT2D eigenvalue weighted by molar-refractivity contribution is -0.383. The molecule has 2 aliphatic rings. The molecule has 2 fully saturated rings. The van der Waals surface area contributed by atoms with Crippen LogP contribution in [0.5, 0.6) is 0 Å². The van der Waals surface area contributed by atoms with Gasteiger partial charge in [0.2, 0.25) is 17.6 Å². The van der Waals surface area contributed by atoms with Crippen molar-refractivity contribution in [2.24, 2.45) is 0 Å². The number of hydrogen-bond donors (Lipinski definition) is 3. The number of aromatic nitrogens is 2. The molecule has 1 aliphatic carbocycles. The second kappa shape index (κ2) is 7.61. The largest absolute Gasteiger partial charge is 0.378 e. The molecule has 1 atom stereocenters. The topological polar surface area (TPSA) is 128 Å². The molecule has 9 nitrogen and oxygen atoms in total. The molecule has 132 valence electrons. The number of nitro groups is 1. The van der Waals surface area contributed by atoms with Crippen molar-refractivity contribution in [3.8, 4) is 0 Å². The molecular formula is C15H24N6O3. The number of ether oxygens (including phenoxy) is 1. The van der Waals surface area contributed by atoms with Crippen molar-refractivity contribution in [3.05, 3.63) is 10.1 Å². The fourth-order valence-corrected chi connectivity index (χ4v) is 3.28. The summed E-state index contributed by atoms with van der Waals surface area (Å²) in [6, 6.07) is 0.192. The Morgan fingerprint density at radius 3 is 2.67 bits per heavy atom. The standard InChI is InChI=1S/C15H24N6O3/c16-13-12(21(22)23)14(18-10-5-2-1-3-6-10)20-15(19-13)17-9-11-7-4-8-24-11/h10-11H,1-9H2,(H4,16,17,18,19,20)/t11-/m0/s1. The summed E-state index contributed by atoms with van der Waals surface area (Å²) in [6.07, 6.45) is 7.58. The summed E-state index contributed by atoms with van der Waals surface area (Å²) < 4.78 is 5.55. The SMILES string of the molecule is Nc1nc(NC[C@@H]2CCCO2)nc(NC2CCCCC2)c1[N+](=O)[O-]. The molecule has 1 aromatic heterocycles. The van der Waals surface area contributed by atoms with Crippen LogP contribution in [-0.4, -0.2) is 40.2 Å². The molecular weight excluding hydrogens is 312 g/mol. The van der Waals surface area contributed by atoms with Crippen LogP contribution in [0, 0.1) is 10.1 Å². The van der Waals surface area contributed by atoms with Crippen LogP contribution in [-0.2, 0) is 4.74 Å². The van der Waals surface area contributed by atoms with Gasteiger partial charge in [-0.1, -0.05) is 19.3 Å². The van der Waals surface area contributed by atoms with Crippen LogP contribution in [0.15, 0.2) is 0 Å². The Balaban J connectivity index is 1.75. The second-order valence-electron chi connectivity index (χ2n) is 6.38. The Bertz CT molecular complexity index is 585. The van der Waals surface area contributed by atoms with Gasteiger partial charge in [-0.3, -0.25) is 10.1 Å². The first kappa shape index (κ1) is 16.7. The van der Waals surface area contributed by atoms with E-state index < -0.39 is 4.92 Å². The van der Waals surface area contributed by atoms with Crippen LogP contribution in [0.1, 0.15) is 44.9 Å². The van der Waals surface area contributed by atoms with Crippen LogP contribution < -0.4 is 16.4 Å². The van der Waals surface area contributed by atoms with Gasteiger partial charge in [-0.25, -0.2) is 0 Å². The first-order chi connectivity index (χ1) is 11.6. The van der Waals surface area contributed by atoms with Crippen LogP contribution in [0.2, 0.25) is 0 Å². The average molecular weight is 336 g/mol. The summed E-state index contributed by atoms with van der Waals surface area (Å²) in [4.78, 5) is 19.1. The molecule has 4 N–H and O–H groups in total. The average Bonchev–Trinajstić information content (AvgIpc) is 3.06. The highest BCUT2D eigenvalue weighted by atomic mass is 16.6. The van der Waals surface area contributed by atoms with E-state index in [1.54, 1.807) is 0 Å².